The van der Waals surface area contributed by atoms with Crippen LogP contribution in [0.5, 0.6) is 0 Å². The average Bonchev–Trinajstić information content (AvgIpc) is 2.33. The molecule has 1 N–H and O–H groups in total. The van der Waals surface area contributed by atoms with Crippen LogP contribution in [0.15, 0.2) is 40.9 Å². The monoisotopic (exact) mass is 363 g/mol. The third kappa shape index (κ3) is 3.33. The highest BCUT2D eigenvalue weighted by Crippen LogP contribution is 2.29. The van der Waals surface area contributed by atoms with Crippen molar-refractivity contribution < 1.29 is 0 Å². The van der Waals surface area contributed by atoms with Crippen LogP contribution in [0.3, 0.4) is 0 Å². The quantitative estimate of drug-likeness (QED) is 0.701. The maximum absolute atomic E-state index is 6.10. The highest BCUT2D eigenvalue weighted by molar-refractivity contribution is 9.10. The SMILES string of the molecule is Clc1ccc(Br)c(NCc2c(Cl)cccc2Cl)c1. The van der Waals surface area contributed by atoms with E-state index in [1.165, 1.54) is 0 Å². The molecule has 1 nitrogen and oxygen atoms in total. The summed E-state index contributed by atoms with van der Waals surface area (Å²) in [7, 11) is 0. The second-order valence-corrected chi connectivity index (χ2v) is 5.78. The average molecular weight is 365 g/mol. The zero-order chi connectivity index (χ0) is 13.1. The summed E-state index contributed by atoms with van der Waals surface area (Å²) in [5.74, 6) is 0. The summed E-state index contributed by atoms with van der Waals surface area (Å²) in [6.45, 7) is 0.539. The number of nitrogens with one attached hydrogen (secondary N) is 1. The van der Waals surface area contributed by atoms with E-state index in [0.717, 1.165) is 15.7 Å². The van der Waals surface area contributed by atoms with Crippen molar-refractivity contribution in [1.82, 2.24) is 0 Å². The maximum Gasteiger partial charge on any atom is 0.0502 e. The first-order chi connectivity index (χ1) is 8.58. The lowest BCUT2D eigenvalue weighted by atomic mass is 10.2. The first-order valence-electron chi connectivity index (χ1n) is 5.20. The van der Waals surface area contributed by atoms with Gasteiger partial charge in [-0.25, -0.2) is 0 Å². The molecule has 5 heteroatoms. The van der Waals surface area contributed by atoms with E-state index in [0.29, 0.717) is 21.6 Å². The molecule has 0 aliphatic carbocycles. The molecule has 2 aromatic rings. The number of hydrogen-bond acceptors (Lipinski definition) is 1. The van der Waals surface area contributed by atoms with Crippen molar-refractivity contribution in [3.63, 3.8) is 0 Å². The van der Waals surface area contributed by atoms with E-state index in [2.05, 4.69) is 21.2 Å². The van der Waals surface area contributed by atoms with Gasteiger partial charge in [-0.1, -0.05) is 40.9 Å². The van der Waals surface area contributed by atoms with Crippen LogP contribution in [0, 0.1) is 0 Å². The lowest BCUT2D eigenvalue weighted by molar-refractivity contribution is 1.15. The fraction of sp³-hybridized carbons (Fsp3) is 0.0769. The molecule has 0 bridgehead atoms. The Balaban J connectivity index is 2.19. The Labute approximate surface area is 129 Å². The molecule has 0 saturated carbocycles. The van der Waals surface area contributed by atoms with Gasteiger partial charge in [0.15, 0.2) is 0 Å². The lowest BCUT2D eigenvalue weighted by Crippen LogP contribution is -2.01. The van der Waals surface area contributed by atoms with Gasteiger partial charge < -0.3 is 5.32 Å². The maximum atomic E-state index is 6.10. The molecule has 0 aliphatic rings. The highest BCUT2D eigenvalue weighted by atomic mass is 79.9. The third-order valence-corrected chi connectivity index (χ3v) is 4.08. The Hall–Kier alpha value is -0.410. The zero-order valence-corrected chi connectivity index (χ0v) is 13.0. The Morgan fingerprint density at radius 1 is 1.00 bits per heavy atom. The summed E-state index contributed by atoms with van der Waals surface area (Å²) in [6, 6.07) is 11.0. The number of benzene rings is 2. The highest BCUT2D eigenvalue weighted by Gasteiger charge is 2.06. The second-order valence-electron chi connectivity index (χ2n) is 3.68. The largest absolute Gasteiger partial charge is 0.380 e. The van der Waals surface area contributed by atoms with E-state index >= 15 is 0 Å². The van der Waals surface area contributed by atoms with Crippen LogP contribution in [-0.4, -0.2) is 0 Å². The first kappa shape index (κ1) is 14.0. The molecule has 0 heterocycles. The zero-order valence-electron chi connectivity index (χ0n) is 9.18. The molecule has 0 atom stereocenters. The van der Waals surface area contributed by atoms with Crippen molar-refractivity contribution in [2.75, 3.05) is 5.32 Å². The first-order valence-corrected chi connectivity index (χ1v) is 7.12. The standard InChI is InChI=1S/C13H9BrCl3N/c14-10-5-4-8(15)6-13(10)18-7-9-11(16)2-1-3-12(9)17/h1-6,18H,7H2. The number of halogens is 4. The summed E-state index contributed by atoms with van der Waals surface area (Å²) in [4.78, 5) is 0. The van der Waals surface area contributed by atoms with E-state index in [4.69, 9.17) is 34.8 Å². The van der Waals surface area contributed by atoms with E-state index in [1.807, 2.05) is 36.4 Å². The molecular formula is C13H9BrCl3N. The van der Waals surface area contributed by atoms with Gasteiger partial charge in [-0.2, -0.15) is 0 Å². The molecule has 0 fully saturated rings. The third-order valence-electron chi connectivity index (χ3n) is 2.45. The van der Waals surface area contributed by atoms with Gasteiger partial charge >= 0.3 is 0 Å². The van der Waals surface area contributed by atoms with Crippen LogP contribution in [0.2, 0.25) is 15.1 Å². The van der Waals surface area contributed by atoms with Crippen LogP contribution in [0.4, 0.5) is 5.69 Å². The molecule has 0 amide bonds. The number of anilines is 1. The van der Waals surface area contributed by atoms with Crippen LogP contribution in [0.25, 0.3) is 0 Å². The summed E-state index contributed by atoms with van der Waals surface area (Å²) >= 11 is 21.6. The summed E-state index contributed by atoms with van der Waals surface area (Å²) in [5.41, 5.74) is 1.77. The van der Waals surface area contributed by atoms with E-state index in [-0.39, 0.29) is 0 Å². The molecular weight excluding hydrogens is 356 g/mol. The van der Waals surface area contributed by atoms with E-state index < -0.39 is 0 Å². The molecule has 0 radical (unpaired) electrons. The van der Waals surface area contributed by atoms with Gasteiger partial charge in [0.2, 0.25) is 0 Å². The van der Waals surface area contributed by atoms with Gasteiger partial charge in [0.05, 0.1) is 5.69 Å². The summed E-state index contributed by atoms with van der Waals surface area (Å²) in [6.07, 6.45) is 0. The topological polar surface area (TPSA) is 12.0 Å². The summed E-state index contributed by atoms with van der Waals surface area (Å²) < 4.78 is 0.940. The Morgan fingerprint density at radius 3 is 2.33 bits per heavy atom. The minimum absolute atomic E-state index is 0.539. The van der Waals surface area contributed by atoms with Gasteiger partial charge in [0.1, 0.15) is 0 Å². The minimum atomic E-state index is 0.539. The predicted octanol–water partition coefficient (Wildman–Crippen LogP) is 6.02. The molecule has 0 aromatic heterocycles. The summed E-state index contributed by atoms with van der Waals surface area (Å²) in [5, 5.41) is 5.22. The molecule has 2 rings (SSSR count). The minimum Gasteiger partial charge on any atom is -0.380 e. The van der Waals surface area contributed by atoms with Crippen molar-refractivity contribution >= 4 is 56.4 Å². The predicted molar refractivity (Wildman–Crippen MR) is 82.9 cm³/mol. The molecule has 94 valence electrons. The van der Waals surface area contributed by atoms with Crippen LogP contribution in [0.1, 0.15) is 5.56 Å². The van der Waals surface area contributed by atoms with Crippen LogP contribution < -0.4 is 5.32 Å². The fourth-order valence-corrected chi connectivity index (χ4v) is 2.61. The molecule has 0 unspecified atom stereocenters. The van der Waals surface area contributed by atoms with E-state index in [9.17, 15) is 0 Å². The van der Waals surface area contributed by atoms with Gasteiger partial charge in [-0.15, -0.1) is 0 Å². The second kappa shape index (κ2) is 6.16. The Morgan fingerprint density at radius 2 is 1.67 bits per heavy atom. The van der Waals surface area contributed by atoms with Crippen molar-refractivity contribution in [2.24, 2.45) is 0 Å². The van der Waals surface area contributed by atoms with Gasteiger partial charge in [0, 0.05) is 31.6 Å². The van der Waals surface area contributed by atoms with Gasteiger partial charge in [-0.3, -0.25) is 0 Å². The smallest absolute Gasteiger partial charge is 0.0502 e. The number of rotatable bonds is 3. The van der Waals surface area contributed by atoms with Gasteiger partial charge in [-0.05, 0) is 46.3 Å². The van der Waals surface area contributed by atoms with Crippen molar-refractivity contribution in [2.45, 2.75) is 6.54 Å². The molecule has 2 aromatic carbocycles. The van der Waals surface area contributed by atoms with Crippen molar-refractivity contribution in [3.05, 3.63) is 61.5 Å². The van der Waals surface area contributed by atoms with Crippen molar-refractivity contribution in [3.8, 4) is 0 Å². The Kier molecular flexibility index (Phi) is 4.79. The molecule has 0 saturated heterocycles. The Bertz CT molecular complexity index is 552. The molecule has 0 aliphatic heterocycles. The molecule has 18 heavy (non-hydrogen) atoms. The van der Waals surface area contributed by atoms with Gasteiger partial charge in [0.25, 0.3) is 0 Å². The molecule has 0 spiro atoms. The van der Waals surface area contributed by atoms with Crippen LogP contribution >= 0.6 is 50.7 Å². The normalized spacial score (nSPS) is 10.4. The van der Waals surface area contributed by atoms with Crippen molar-refractivity contribution in [1.29, 1.82) is 0 Å². The lowest BCUT2D eigenvalue weighted by Gasteiger charge is -2.11. The van der Waals surface area contributed by atoms with E-state index in [1.54, 1.807) is 0 Å². The van der Waals surface area contributed by atoms with Crippen LogP contribution in [-0.2, 0) is 6.54 Å². The number of hydrogen-bond donors (Lipinski definition) is 1. The fourth-order valence-electron chi connectivity index (χ4n) is 1.52.